The van der Waals surface area contributed by atoms with Gasteiger partial charge in [-0.05, 0) is 126 Å². The first-order chi connectivity index (χ1) is 26.8. The topological polar surface area (TPSA) is 93.1 Å². The van der Waals surface area contributed by atoms with Crippen LogP contribution in [0, 0.1) is 10.8 Å². The van der Waals surface area contributed by atoms with Gasteiger partial charge < -0.3 is 19.7 Å². The molecule has 0 unspecified atom stereocenters. The predicted molar refractivity (Wildman–Crippen MR) is 235 cm³/mol. The number of ether oxygens (including phenoxy) is 2. The second kappa shape index (κ2) is 19.4. The van der Waals surface area contributed by atoms with Gasteiger partial charge in [-0.1, -0.05) is 116 Å². The van der Waals surface area contributed by atoms with Crippen LogP contribution in [-0.2, 0) is 16.3 Å². The molecule has 0 saturated heterocycles. The Hall–Kier alpha value is -2.69. The molecule has 0 spiro atoms. The molecule has 4 aromatic rings. The average molecular weight is 913 g/mol. The number of hydrogen-bond donors (Lipinski definition) is 2. The standard InChI is InChI=1S/C24H31BrO2.C23H29BrO4S/c1-4-6-13-24(5-2)14-12-17-10-11-19(25)16-21(17)22(23(24)26)18-8-7-9-20(15-18)27-3;1-4-6-12-23(5-2)15-29(26,27)20-11-10-17(24)14-19(20)21(22(23)25)16-8-7-9-18(13-16)28-3/h7-11,15-16,22-23,26H,4-6,12-14H2,1-3H3;7-11,13-14,21-22,25H,4-6,12,15H2,1-3H3/t22-,23-,24-;21-,22-,23+/m10/s1. The van der Waals surface area contributed by atoms with Gasteiger partial charge >= 0.3 is 0 Å². The minimum Gasteiger partial charge on any atom is -0.497 e. The number of aliphatic hydroxyl groups is 2. The number of hydrogen-bond acceptors (Lipinski definition) is 6. The summed E-state index contributed by atoms with van der Waals surface area (Å²) in [5.41, 5.74) is 4.50. The Morgan fingerprint density at radius 2 is 1.18 bits per heavy atom. The molecule has 1 aliphatic heterocycles. The monoisotopic (exact) mass is 910 g/mol. The van der Waals surface area contributed by atoms with Gasteiger partial charge in [0, 0.05) is 26.2 Å². The fourth-order valence-electron chi connectivity index (χ4n) is 9.24. The lowest BCUT2D eigenvalue weighted by Crippen LogP contribution is -2.42. The lowest BCUT2D eigenvalue weighted by atomic mass is 9.67. The summed E-state index contributed by atoms with van der Waals surface area (Å²) in [5, 5.41) is 23.5. The Labute approximate surface area is 352 Å². The zero-order valence-electron chi connectivity index (χ0n) is 33.9. The first kappa shape index (κ1) is 44.4. The Balaban J connectivity index is 0.000000215. The molecule has 0 bridgehead atoms. The summed E-state index contributed by atoms with van der Waals surface area (Å²) < 4.78 is 39.6. The van der Waals surface area contributed by atoms with E-state index in [2.05, 4.69) is 83.0 Å². The fourth-order valence-corrected chi connectivity index (χ4v) is 12.3. The highest BCUT2D eigenvalue weighted by Gasteiger charge is 2.49. The van der Waals surface area contributed by atoms with Gasteiger partial charge in [-0.25, -0.2) is 8.42 Å². The molecule has 9 heteroatoms. The van der Waals surface area contributed by atoms with Crippen molar-refractivity contribution in [1.82, 2.24) is 0 Å². The summed E-state index contributed by atoms with van der Waals surface area (Å²) in [6, 6.07) is 27.6. The van der Waals surface area contributed by atoms with E-state index in [1.807, 2.05) is 49.4 Å². The second-order valence-electron chi connectivity index (χ2n) is 15.8. The molecule has 56 heavy (non-hydrogen) atoms. The van der Waals surface area contributed by atoms with Crippen LogP contribution in [0.1, 0.15) is 125 Å². The molecule has 4 aromatic carbocycles. The van der Waals surface area contributed by atoms with Crippen molar-refractivity contribution < 1.29 is 28.1 Å². The molecule has 0 aromatic heterocycles. The predicted octanol–water partition coefficient (Wildman–Crippen LogP) is 11.8. The van der Waals surface area contributed by atoms with E-state index in [0.29, 0.717) is 29.1 Å². The first-order valence-electron chi connectivity index (χ1n) is 20.3. The lowest BCUT2D eigenvalue weighted by molar-refractivity contribution is -0.00159. The molecule has 2 aliphatic rings. The quantitative estimate of drug-likeness (QED) is 0.138. The van der Waals surface area contributed by atoms with Crippen LogP contribution in [0.4, 0.5) is 0 Å². The Morgan fingerprint density at radius 1 is 0.679 bits per heavy atom. The van der Waals surface area contributed by atoms with Gasteiger partial charge in [-0.3, -0.25) is 0 Å². The fraction of sp³-hybridized carbons (Fsp3) is 0.489. The van der Waals surface area contributed by atoms with Crippen molar-refractivity contribution in [2.45, 2.75) is 121 Å². The summed E-state index contributed by atoms with van der Waals surface area (Å²) >= 11 is 7.13. The van der Waals surface area contributed by atoms with Crippen molar-refractivity contribution in [2.24, 2.45) is 10.8 Å². The molecule has 6 rings (SSSR count). The molecule has 6 nitrogen and oxygen atoms in total. The number of benzene rings is 4. The highest BCUT2D eigenvalue weighted by Crippen LogP contribution is 2.51. The van der Waals surface area contributed by atoms with Crippen molar-refractivity contribution in [2.75, 3.05) is 20.0 Å². The maximum absolute atomic E-state index is 13.4. The third-order valence-electron chi connectivity index (χ3n) is 12.7. The summed E-state index contributed by atoms with van der Waals surface area (Å²) in [4.78, 5) is 0.319. The molecule has 0 radical (unpaired) electrons. The van der Waals surface area contributed by atoms with E-state index >= 15 is 0 Å². The van der Waals surface area contributed by atoms with E-state index in [0.717, 1.165) is 77.2 Å². The number of unbranched alkanes of at least 4 members (excludes halogenated alkanes) is 2. The molecule has 0 amide bonds. The molecule has 1 heterocycles. The van der Waals surface area contributed by atoms with Crippen LogP contribution in [0.25, 0.3) is 0 Å². The van der Waals surface area contributed by atoms with Crippen molar-refractivity contribution in [3.8, 4) is 11.5 Å². The third-order valence-corrected chi connectivity index (χ3v) is 15.7. The number of aliphatic hydroxyl groups excluding tert-OH is 2. The Kier molecular flexibility index (Phi) is 15.4. The van der Waals surface area contributed by atoms with Crippen LogP contribution in [-0.4, -0.2) is 50.8 Å². The number of sulfone groups is 1. The molecule has 0 saturated carbocycles. The van der Waals surface area contributed by atoms with Crippen LogP contribution in [0.2, 0.25) is 0 Å². The SMILES string of the molecule is CCCC[C@]1(CC)CCc2ccc(Br)cc2[C@@H](c2cccc(OC)c2)[C@H]1O.CCCC[C@]1(CC)CS(=O)(=O)c2ccc(Br)cc2[C@H](c2cccc(OC)c2)[C@@H]1O. The van der Waals surface area contributed by atoms with Crippen LogP contribution in [0.3, 0.4) is 0 Å². The second-order valence-corrected chi connectivity index (χ2v) is 19.6. The summed E-state index contributed by atoms with van der Waals surface area (Å²) in [6.45, 7) is 8.56. The van der Waals surface area contributed by atoms with E-state index in [9.17, 15) is 18.6 Å². The summed E-state index contributed by atoms with van der Waals surface area (Å²) in [5.74, 6) is 1.01. The van der Waals surface area contributed by atoms with E-state index in [4.69, 9.17) is 9.47 Å². The van der Waals surface area contributed by atoms with E-state index in [1.54, 1.807) is 26.4 Å². The van der Waals surface area contributed by atoms with Crippen LogP contribution in [0.15, 0.2) is 98.8 Å². The number of aryl methyl sites for hydroxylation is 1. The van der Waals surface area contributed by atoms with Gasteiger partial charge in [-0.2, -0.15) is 0 Å². The average Bonchev–Trinajstić information content (AvgIpc) is 3.36. The van der Waals surface area contributed by atoms with Crippen molar-refractivity contribution in [1.29, 1.82) is 0 Å². The van der Waals surface area contributed by atoms with E-state index < -0.39 is 33.4 Å². The van der Waals surface area contributed by atoms with Crippen molar-refractivity contribution >= 4 is 41.7 Å². The number of halogens is 2. The Morgan fingerprint density at radius 3 is 1.71 bits per heavy atom. The van der Waals surface area contributed by atoms with E-state index in [-0.39, 0.29) is 17.1 Å². The van der Waals surface area contributed by atoms with Gasteiger partial charge in [-0.15, -0.1) is 0 Å². The smallest absolute Gasteiger partial charge is 0.179 e. The van der Waals surface area contributed by atoms with Crippen molar-refractivity contribution in [3.63, 3.8) is 0 Å². The first-order valence-corrected chi connectivity index (χ1v) is 23.5. The molecular weight excluding hydrogens is 852 g/mol. The minimum absolute atomic E-state index is 0.0350. The maximum Gasteiger partial charge on any atom is 0.179 e. The van der Waals surface area contributed by atoms with Crippen molar-refractivity contribution in [3.05, 3.63) is 122 Å². The van der Waals surface area contributed by atoms with Crippen LogP contribution < -0.4 is 9.47 Å². The number of fused-ring (bicyclic) bond motifs is 2. The Bertz CT molecular complexity index is 2030. The molecule has 304 valence electrons. The largest absolute Gasteiger partial charge is 0.497 e. The minimum atomic E-state index is -3.55. The molecule has 0 fully saturated rings. The normalized spacial score (nSPS) is 25.4. The van der Waals surface area contributed by atoms with Gasteiger partial charge in [0.1, 0.15) is 11.5 Å². The van der Waals surface area contributed by atoms with Gasteiger partial charge in [0.25, 0.3) is 0 Å². The molecule has 2 N–H and O–H groups in total. The maximum atomic E-state index is 13.4. The highest BCUT2D eigenvalue weighted by atomic mass is 79.9. The van der Waals surface area contributed by atoms with Gasteiger partial charge in [0.15, 0.2) is 9.84 Å². The summed E-state index contributed by atoms with van der Waals surface area (Å²) in [7, 11) is -0.241. The number of rotatable bonds is 12. The van der Waals surface area contributed by atoms with Gasteiger partial charge in [0.05, 0.1) is 37.1 Å². The number of methoxy groups -OCH3 is 2. The van der Waals surface area contributed by atoms with Gasteiger partial charge in [0.2, 0.25) is 0 Å². The summed E-state index contributed by atoms with van der Waals surface area (Å²) in [6.07, 6.45) is 8.36. The zero-order valence-corrected chi connectivity index (χ0v) is 37.9. The molecular formula is C47H60Br2O6S. The third kappa shape index (κ3) is 9.44. The molecule has 6 atom stereocenters. The lowest BCUT2D eigenvalue weighted by Gasteiger charge is -2.40. The van der Waals surface area contributed by atoms with Crippen LogP contribution >= 0.6 is 31.9 Å². The highest BCUT2D eigenvalue weighted by molar-refractivity contribution is 9.10. The van der Waals surface area contributed by atoms with E-state index in [1.165, 1.54) is 11.1 Å². The zero-order chi connectivity index (χ0) is 40.7. The van der Waals surface area contributed by atoms with Crippen LogP contribution in [0.5, 0.6) is 11.5 Å². The molecule has 1 aliphatic carbocycles.